The lowest BCUT2D eigenvalue weighted by atomic mass is 10.0. The number of phenolic OH excluding ortho intramolecular Hbond substituents is 2. The molecule has 0 bridgehead atoms. The normalized spacial score (nSPS) is 11.0. The quantitative estimate of drug-likeness (QED) is 0.274. The van der Waals surface area contributed by atoms with Crippen LogP contribution in [0.15, 0.2) is 48.5 Å². The van der Waals surface area contributed by atoms with Crippen LogP contribution in [0.25, 0.3) is 0 Å². The largest absolute Gasteiger partial charge is 0.504 e. The molecule has 2 aromatic rings. The van der Waals surface area contributed by atoms with Gasteiger partial charge in [0.05, 0.1) is 0 Å². The minimum Gasteiger partial charge on any atom is -0.504 e. The number of unbranched alkanes of at least 4 members (excludes halogenated alkanes) is 10. The predicted molar refractivity (Wildman–Crippen MR) is 114 cm³/mol. The number of aromatic hydroxyl groups is 2. The van der Waals surface area contributed by atoms with Gasteiger partial charge in [-0.1, -0.05) is 94.2 Å². The van der Waals surface area contributed by atoms with Gasteiger partial charge < -0.3 is 10.2 Å². The van der Waals surface area contributed by atoms with Crippen molar-refractivity contribution in [3.63, 3.8) is 0 Å². The number of aryl methyl sites for hydroxylation is 2. The van der Waals surface area contributed by atoms with E-state index in [0.717, 1.165) is 18.4 Å². The van der Waals surface area contributed by atoms with E-state index >= 15 is 0 Å². The van der Waals surface area contributed by atoms with Crippen molar-refractivity contribution in [1.82, 2.24) is 0 Å². The summed E-state index contributed by atoms with van der Waals surface area (Å²) in [5, 5.41) is 18.8. The zero-order valence-corrected chi connectivity index (χ0v) is 16.7. The van der Waals surface area contributed by atoms with Crippen molar-refractivity contribution in [1.29, 1.82) is 0 Å². The van der Waals surface area contributed by atoms with E-state index in [1.54, 1.807) is 12.1 Å². The highest BCUT2D eigenvalue weighted by Crippen LogP contribution is 2.25. The summed E-state index contributed by atoms with van der Waals surface area (Å²) in [5.74, 6) is -0.0393. The van der Waals surface area contributed by atoms with E-state index in [1.807, 2.05) is 6.07 Å². The second kappa shape index (κ2) is 13.2. The highest BCUT2D eigenvalue weighted by Gasteiger charge is 2.00. The molecule has 0 aliphatic rings. The lowest BCUT2D eigenvalue weighted by Crippen LogP contribution is -1.87. The minimum atomic E-state index is -0.0325. The van der Waals surface area contributed by atoms with Gasteiger partial charge in [-0.25, -0.2) is 0 Å². The maximum absolute atomic E-state index is 9.49. The van der Waals surface area contributed by atoms with Crippen molar-refractivity contribution >= 4 is 0 Å². The number of rotatable bonds is 14. The smallest absolute Gasteiger partial charge is 0.157 e. The number of hydrogen-bond acceptors (Lipinski definition) is 2. The summed E-state index contributed by atoms with van der Waals surface area (Å²) in [7, 11) is 0. The lowest BCUT2D eigenvalue weighted by molar-refractivity contribution is 0.403. The van der Waals surface area contributed by atoms with Gasteiger partial charge in [0.2, 0.25) is 0 Å². The van der Waals surface area contributed by atoms with Gasteiger partial charge in [-0.05, 0) is 48.9 Å². The lowest BCUT2D eigenvalue weighted by Gasteiger charge is -2.05. The number of hydrogen-bond donors (Lipinski definition) is 2. The Morgan fingerprint density at radius 2 is 0.926 bits per heavy atom. The monoisotopic (exact) mass is 368 g/mol. The van der Waals surface area contributed by atoms with Crippen LogP contribution in [-0.2, 0) is 12.8 Å². The summed E-state index contributed by atoms with van der Waals surface area (Å²) >= 11 is 0. The third-order valence-electron chi connectivity index (χ3n) is 5.31. The number of phenols is 2. The molecule has 27 heavy (non-hydrogen) atoms. The van der Waals surface area contributed by atoms with Gasteiger partial charge in [-0.15, -0.1) is 0 Å². The van der Waals surface area contributed by atoms with Crippen LogP contribution in [0.5, 0.6) is 11.5 Å². The first kappa shape index (κ1) is 21.3. The Kier molecular flexibility index (Phi) is 10.5. The maximum atomic E-state index is 9.49. The molecular formula is C25H36O2. The molecule has 2 rings (SSSR count). The second-order valence-electron chi connectivity index (χ2n) is 7.70. The van der Waals surface area contributed by atoms with Crippen LogP contribution in [0.4, 0.5) is 0 Å². The van der Waals surface area contributed by atoms with Gasteiger partial charge in [0.1, 0.15) is 0 Å². The Morgan fingerprint density at radius 3 is 1.44 bits per heavy atom. The molecule has 2 nitrogen and oxygen atoms in total. The summed E-state index contributed by atoms with van der Waals surface area (Å²) in [6.45, 7) is 0. The van der Waals surface area contributed by atoms with E-state index in [4.69, 9.17) is 0 Å². The van der Waals surface area contributed by atoms with E-state index in [1.165, 1.54) is 76.2 Å². The Hall–Kier alpha value is -1.96. The fraction of sp³-hybridized carbons (Fsp3) is 0.520. The SMILES string of the molecule is Oc1ccc(CCCCCCCCCCCCCc2ccccc2)cc1O. The summed E-state index contributed by atoms with van der Waals surface area (Å²) in [5.41, 5.74) is 2.58. The van der Waals surface area contributed by atoms with Crippen molar-refractivity contribution in [3.8, 4) is 11.5 Å². The molecule has 0 radical (unpaired) electrons. The first-order valence-electron chi connectivity index (χ1n) is 10.8. The van der Waals surface area contributed by atoms with Gasteiger partial charge in [0.25, 0.3) is 0 Å². The van der Waals surface area contributed by atoms with E-state index < -0.39 is 0 Å². The van der Waals surface area contributed by atoms with Gasteiger partial charge >= 0.3 is 0 Å². The second-order valence-corrected chi connectivity index (χ2v) is 7.70. The van der Waals surface area contributed by atoms with Crippen molar-refractivity contribution in [2.75, 3.05) is 0 Å². The van der Waals surface area contributed by atoms with Crippen LogP contribution >= 0.6 is 0 Å². The minimum absolute atomic E-state index is 0.00688. The van der Waals surface area contributed by atoms with Crippen molar-refractivity contribution in [2.24, 2.45) is 0 Å². The van der Waals surface area contributed by atoms with E-state index in [9.17, 15) is 10.2 Å². The molecule has 0 spiro atoms. The van der Waals surface area contributed by atoms with E-state index in [-0.39, 0.29) is 11.5 Å². The molecule has 0 aromatic heterocycles. The molecule has 0 saturated carbocycles. The fourth-order valence-electron chi connectivity index (χ4n) is 3.62. The standard InChI is InChI=1S/C25H36O2/c26-24-20-19-23(21-25(24)27)18-12-9-7-5-3-1-2-4-6-8-11-15-22-16-13-10-14-17-22/h10,13-14,16-17,19-21,26-27H,1-9,11-12,15,18H2. The zero-order chi connectivity index (χ0) is 19.2. The maximum Gasteiger partial charge on any atom is 0.157 e. The first-order chi connectivity index (χ1) is 13.3. The molecule has 0 aliphatic heterocycles. The Morgan fingerprint density at radius 1 is 0.444 bits per heavy atom. The number of benzene rings is 2. The van der Waals surface area contributed by atoms with Crippen LogP contribution in [-0.4, -0.2) is 10.2 Å². The topological polar surface area (TPSA) is 40.5 Å². The van der Waals surface area contributed by atoms with Crippen LogP contribution in [0.1, 0.15) is 81.8 Å². The molecular weight excluding hydrogens is 332 g/mol. The molecule has 148 valence electrons. The highest BCUT2D eigenvalue weighted by atomic mass is 16.3. The molecule has 0 heterocycles. The molecule has 0 fully saturated rings. The first-order valence-corrected chi connectivity index (χ1v) is 10.8. The molecule has 0 unspecified atom stereocenters. The third kappa shape index (κ3) is 9.51. The van der Waals surface area contributed by atoms with E-state index in [2.05, 4.69) is 30.3 Å². The molecule has 2 N–H and O–H groups in total. The molecule has 0 saturated heterocycles. The average molecular weight is 369 g/mol. The van der Waals surface area contributed by atoms with Crippen molar-refractivity contribution in [3.05, 3.63) is 59.7 Å². The highest BCUT2D eigenvalue weighted by molar-refractivity contribution is 5.40. The Labute approximate surface area is 165 Å². The van der Waals surface area contributed by atoms with Crippen LogP contribution in [0.3, 0.4) is 0 Å². The van der Waals surface area contributed by atoms with Gasteiger partial charge in [-0.3, -0.25) is 0 Å². The van der Waals surface area contributed by atoms with E-state index in [0.29, 0.717) is 0 Å². The molecule has 0 amide bonds. The van der Waals surface area contributed by atoms with Crippen molar-refractivity contribution in [2.45, 2.75) is 83.5 Å². The summed E-state index contributed by atoms with van der Waals surface area (Å²) in [6, 6.07) is 16.0. The Bertz CT molecular complexity index is 621. The third-order valence-corrected chi connectivity index (χ3v) is 5.31. The zero-order valence-electron chi connectivity index (χ0n) is 16.7. The van der Waals surface area contributed by atoms with Crippen LogP contribution in [0, 0.1) is 0 Å². The van der Waals surface area contributed by atoms with Gasteiger partial charge in [0.15, 0.2) is 11.5 Å². The summed E-state index contributed by atoms with van der Waals surface area (Å²) < 4.78 is 0. The van der Waals surface area contributed by atoms with Gasteiger partial charge in [0, 0.05) is 0 Å². The summed E-state index contributed by atoms with van der Waals surface area (Å²) in [4.78, 5) is 0. The molecule has 0 aliphatic carbocycles. The molecule has 0 atom stereocenters. The van der Waals surface area contributed by atoms with Crippen LogP contribution in [0.2, 0.25) is 0 Å². The molecule has 2 aromatic carbocycles. The predicted octanol–water partition coefficient (Wildman–Crippen LogP) is 7.17. The average Bonchev–Trinajstić information content (AvgIpc) is 2.69. The molecule has 2 heteroatoms. The fourth-order valence-corrected chi connectivity index (χ4v) is 3.62. The Balaban J connectivity index is 1.34. The van der Waals surface area contributed by atoms with Crippen LogP contribution < -0.4 is 0 Å². The summed E-state index contributed by atoms with van der Waals surface area (Å²) in [6.07, 6.45) is 16.9. The van der Waals surface area contributed by atoms with Gasteiger partial charge in [-0.2, -0.15) is 0 Å². The van der Waals surface area contributed by atoms with Crippen molar-refractivity contribution < 1.29 is 10.2 Å².